The van der Waals surface area contributed by atoms with Crippen molar-refractivity contribution >= 4 is 5.97 Å². The number of ether oxygens (including phenoxy) is 2. The van der Waals surface area contributed by atoms with Crippen molar-refractivity contribution in [2.24, 2.45) is 0 Å². The highest BCUT2D eigenvalue weighted by Gasteiger charge is 2.06. The summed E-state index contributed by atoms with van der Waals surface area (Å²) in [5.74, 6) is 5.39. The first kappa shape index (κ1) is 14.0. The molecule has 0 bridgehead atoms. The average Bonchev–Trinajstić information content (AvgIpc) is 2.39. The van der Waals surface area contributed by atoms with E-state index in [0.29, 0.717) is 12.2 Å². The largest absolute Gasteiger partial charge is 0.463 e. The van der Waals surface area contributed by atoms with Gasteiger partial charge < -0.3 is 9.47 Å². The smallest absolute Gasteiger partial charge is 0.335 e. The predicted octanol–water partition coefficient (Wildman–Crippen LogP) is 2.17. The normalized spacial score (nSPS) is 9.17. The van der Waals surface area contributed by atoms with Gasteiger partial charge in [-0.15, -0.1) is 0 Å². The molecule has 94 valence electrons. The molecule has 0 amide bonds. The Balaban J connectivity index is 2.25. The van der Waals surface area contributed by atoms with Crippen LogP contribution in [0.15, 0.2) is 42.5 Å². The Labute approximate surface area is 107 Å². The minimum absolute atomic E-state index is 0.141. The lowest BCUT2D eigenvalue weighted by Crippen LogP contribution is -2.11. The molecule has 0 aliphatic heterocycles. The number of carbonyl (C=O) groups excluding carboxylic acids is 1. The average molecular weight is 244 g/mol. The highest BCUT2D eigenvalue weighted by atomic mass is 16.5. The lowest BCUT2D eigenvalue weighted by atomic mass is 10.2. The minimum Gasteiger partial charge on any atom is -0.463 e. The molecule has 0 saturated carbocycles. The van der Waals surface area contributed by atoms with E-state index in [9.17, 15) is 4.79 Å². The molecule has 0 radical (unpaired) electrons. The van der Waals surface area contributed by atoms with Gasteiger partial charge in [0.2, 0.25) is 0 Å². The summed E-state index contributed by atoms with van der Waals surface area (Å²) in [6.45, 7) is 6.07. The van der Waals surface area contributed by atoms with Crippen LogP contribution in [0.3, 0.4) is 0 Å². The van der Waals surface area contributed by atoms with Gasteiger partial charge in [-0.2, -0.15) is 0 Å². The summed E-state index contributed by atoms with van der Waals surface area (Å²) in [5.41, 5.74) is 1.24. The van der Waals surface area contributed by atoms with Crippen LogP contribution in [0.4, 0.5) is 0 Å². The second-order valence-corrected chi connectivity index (χ2v) is 3.48. The van der Waals surface area contributed by atoms with Gasteiger partial charge in [-0.3, -0.25) is 0 Å². The van der Waals surface area contributed by atoms with E-state index in [0.717, 1.165) is 5.56 Å². The summed E-state index contributed by atoms with van der Waals surface area (Å²) in [6, 6.07) is 9.63. The molecule has 0 saturated heterocycles. The predicted molar refractivity (Wildman–Crippen MR) is 69.9 cm³/mol. The molecule has 1 aromatic rings. The molecule has 0 heterocycles. The van der Waals surface area contributed by atoms with Crippen LogP contribution in [0.2, 0.25) is 0 Å². The van der Waals surface area contributed by atoms with Crippen LogP contribution < -0.4 is 0 Å². The third kappa shape index (κ3) is 5.33. The first-order chi connectivity index (χ1) is 8.74. The number of carbonyl (C=O) groups is 1. The molecule has 3 heteroatoms. The van der Waals surface area contributed by atoms with Crippen molar-refractivity contribution in [2.45, 2.75) is 6.92 Å². The van der Waals surface area contributed by atoms with Crippen molar-refractivity contribution < 1.29 is 14.3 Å². The summed E-state index contributed by atoms with van der Waals surface area (Å²) in [4.78, 5) is 11.2. The zero-order valence-corrected chi connectivity index (χ0v) is 10.4. The number of hydrogen-bond acceptors (Lipinski definition) is 3. The number of rotatable bonds is 5. The maximum Gasteiger partial charge on any atom is 0.335 e. The number of esters is 1. The van der Waals surface area contributed by atoms with Gasteiger partial charge in [0.15, 0.2) is 0 Å². The molecule has 0 N–H and O–H groups in total. The van der Waals surface area contributed by atoms with Gasteiger partial charge in [-0.25, -0.2) is 4.79 Å². The Bertz CT molecular complexity index is 452. The summed E-state index contributed by atoms with van der Waals surface area (Å²) in [7, 11) is 0. The summed E-state index contributed by atoms with van der Waals surface area (Å²) < 4.78 is 9.99. The fourth-order valence-electron chi connectivity index (χ4n) is 1.18. The van der Waals surface area contributed by atoms with Crippen LogP contribution >= 0.6 is 0 Å². The first-order valence-corrected chi connectivity index (χ1v) is 5.70. The Morgan fingerprint density at radius 2 is 2.06 bits per heavy atom. The third-order valence-electron chi connectivity index (χ3n) is 2.02. The fraction of sp³-hybridized carbons (Fsp3) is 0.267. The molecule has 0 aromatic heterocycles. The highest BCUT2D eigenvalue weighted by Crippen LogP contribution is 1.96. The zero-order valence-electron chi connectivity index (χ0n) is 10.4. The minimum atomic E-state index is -0.423. The van der Waals surface area contributed by atoms with Gasteiger partial charge >= 0.3 is 5.97 Å². The highest BCUT2D eigenvalue weighted by molar-refractivity contribution is 5.87. The van der Waals surface area contributed by atoms with Crippen LogP contribution in [0.25, 0.3) is 0 Å². The lowest BCUT2D eigenvalue weighted by Gasteiger charge is -2.03. The standard InChI is InChI=1S/C15H16O3/c1-3-18-15(16)13(2)12-17-11-7-10-14-8-5-4-6-9-14/h4-6,8-9H,2-3,11-12H2,1H3. The molecule has 1 aromatic carbocycles. The first-order valence-electron chi connectivity index (χ1n) is 5.70. The van der Waals surface area contributed by atoms with E-state index in [-0.39, 0.29) is 13.2 Å². The van der Waals surface area contributed by atoms with Gasteiger partial charge in [0, 0.05) is 5.56 Å². The van der Waals surface area contributed by atoms with Crippen molar-refractivity contribution in [1.82, 2.24) is 0 Å². The molecule has 0 aliphatic carbocycles. The molecular weight excluding hydrogens is 228 g/mol. The molecule has 0 fully saturated rings. The Hall–Kier alpha value is -2.05. The van der Waals surface area contributed by atoms with Crippen LogP contribution in [0.5, 0.6) is 0 Å². The molecule has 0 aliphatic rings. The van der Waals surface area contributed by atoms with Gasteiger partial charge in [0.1, 0.15) is 6.61 Å². The second kappa shape index (κ2) is 8.10. The van der Waals surface area contributed by atoms with E-state index in [4.69, 9.17) is 9.47 Å². The SMILES string of the molecule is C=C(COCC#Cc1ccccc1)C(=O)OCC. The van der Waals surface area contributed by atoms with Crippen LogP contribution in [0.1, 0.15) is 12.5 Å². The van der Waals surface area contributed by atoms with E-state index < -0.39 is 5.97 Å². The molecular formula is C15H16O3. The van der Waals surface area contributed by atoms with E-state index in [2.05, 4.69) is 18.4 Å². The number of hydrogen-bond donors (Lipinski definition) is 0. The van der Waals surface area contributed by atoms with Gasteiger partial charge in [0.05, 0.1) is 18.8 Å². The molecule has 0 unspecified atom stereocenters. The molecule has 0 atom stereocenters. The summed E-state index contributed by atoms with van der Waals surface area (Å²) >= 11 is 0. The van der Waals surface area contributed by atoms with Crippen molar-refractivity contribution in [3.05, 3.63) is 48.0 Å². The lowest BCUT2D eigenvalue weighted by molar-refractivity contribution is -0.139. The quantitative estimate of drug-likeness (QED) is 0.345. The summed E-state index contributed by atoms with van der Waals surface area (Å²) in [6.07, 6.45) is 0. The molecule has 18 heavy (non-hydrogen) atoms. The maximum atomic E-state index is 11.2. The Morgan fingerprint density at radius 1 is 1.33 bits per heavy atom. The van der Waals surface area contributed by atoms with E-state index >= 15 is 0 Å². The zero-order chi connectivity index (χ0) is 13.2. The fourth-order valence-corrected chi connectivity index (χ4v) is 1.18. The van der Waals surface area contributed by atoms with E-state index in [1.54, 1.807) is 6.92 Å². The summed E-state index contributed by atoms with van der Waals surface area (Å²) in [5, 5.41) is 0. The maximum absolute atomic E-state index is 11.2. The monoisotopic (exact) mass is 244 g/mol. The Kier molecular flexibility index (Phi) is 6.31. The van der Waals surface area contributed by atoms with E-state index in [1.165, 1.54) is 0 Å². The van der Waals surface area contributed by atoms with E-state index in [1.807, 2.05) is 30.3 Å². The van der Waals surface area contributed by atoms with Crippen molar-refractivity contribution in [3.63, 3.8) is 0 Å². The molecule has 3 nitrogen and oxygen atoms in total. The van der Waals surface area contributed by atoms with Crippen molar-refractivity contribution in [3.8, 4) is 11.8 Å². The Morgan fingerprint density at radius 3 is 2.72 bits per heavy atom. The van der Waals surface area contributed by atoms with Crippen molar-refractivity contribution in [1.29, 1.82) is 0 Å². The topological polar surface area (TPSA) is 35.5 Å². The van der Waals surface area contributed by atoms with Gasteiger partial charge in [-0.05, 0) is 19.1 Å². The van der Waals surface area contributed by atoms with Gasteiger partial charge in [0.25, 0.3) is 0 Å². The van der Waals surface area contributed by atoms with Crippen LogP contribution in [-0.2, 0) is 14.3 Å². The van der Waals surface area contributed by atoms with Gasteiger partial charge in [-0.1, -0.05) is 36.6 Å². The molecule has 0 spiro atoms. The van der Waals surface area contributed by atoms with Crippen LogP contribution in [-0.4, -0.2) is 25.8 Å². The number of benzene rings is 1. The van der Waals surface area contributed by atoms with Crippen LogP contribution in [0, 0.1) is 11.8 Å². The van der Waals surface area contributed by atoms with Crippen molar-refractivity contribution in [2.75, 3.05) is 19.8 Å². The second-order valence-electron chi connectivity index (χ2n) is 3.48. The third-order valence-corrected chi connectivity index (χ3v) is 2.02. The molecule has 1 rings (SSSR count).